The molecule has 11 aromatic carbocycles. The fourth-order valence-corrected chi connectivity index (χ4v) is 11.8. The van der Waals surface area contributed by atoms with Crippen molar-refractivity contribution in [1.82, 2.24) is 0 Å². The third-order valence-corrected chi connectivity index (χ3v) is 14.7. The minimum atomic E-state index is -0.349. The zero-order valence-electron chi connectivity index (χ0n) is 37.9. The van der Waals surface area contributed by atoms with E-state index in [4.69, 9.17) is 8.83 Å². The summed E-state index contributed by atoms with van der Waals surface area (Å²) in [5.41, 5.74) is 16.0. The molecular weight excluding hydrogens is 829 g/mol. The van der Waals surface area contributed by atoms with Gasteiger partial charge >= 0.3 is 0 Å². The molecule has 0 radical (unpaired) electrons. The van der Waals surface area contributed by atoms with E-state index in [1.807, 2.05) is 12.1 Å². The van der Waals surface area contributed by atoms with Crippen LogP contribution in [-0.4, -0.2) is 0 Å². The molecule has 13 aromatic rings. The number of benzene rings is 11. The van der Waals surface area contributed by atoms with Crippen molar-refractivity contribution in [2.45, 2.75) is 26.2 Å². The molecule has 1 aliphatic carbocycles. The van der Waals surface area contributed by atoms with Gasteiger partial charge in [0.2, 0.25) is 0 Å². The maximum absolute atomic E-state index is 6.78. The quantitative estimate of drug-likeness (QED) is 0.156. The highest BCUT2D eigenvalue weighted by Gasteiger charge is 2.41. The molecule has 4 nitrogen and oxygen atoms in total. The summed E-state index contributed by atoms with van der Waals surface area (Å²) < 4.78 is 13.5. The van der Waals surface area contributed by atoms with Gasteiger partial charge in [0.25, 0.3) is 0 Å². The van der Waals surface area contributed by atoms with Gasteiger partial charge in [0.1, 0.15) is 11.2 Å². The second-order valence-corrected chi connectivity index (χ2v) is 18.8. The molecule has 0 aliphatic heterocycles. The van der Waals surface area contributed by atoms with Crippen LogP contribution in [0.4, 0.5) is 34.1 Å². The van der Waals surface area contributed by atoms with E-state index >= 15 is 0 Å². The molecule has 0 fully saturated rings. The van der Waals surface area contributed by atoms with Crippen molar-refractivity contribution in [2.24, 2.45) is 0 Å². The van der Waals surface area contributed by atoms with Gasteiger partial charge in [-0.2, -0.15) is 0 Å². The molecule has 0 saturated heterocycles. The van der Waals surface area contributed by atoms with Crippen LogP contribution >= 0.6 is 0 Å². The Morgan fingerprint density at radius 3 is 1.50 bits per heavy atom. The Morgan fingerprint density at radius 2 is 0.838 bits per heavy atom. The third-order valence-electron chi connectivity index (χ3n) is 14.7. The number of rotatable bonds is 6. The van der Waals surface area contributed by atoms with Crippen LogP contribution in [0.5, 0.6) is 0 Å². The molecule has 0 bridgehead atoms. The monoisotopic (exact) mass is 872 g/mol. The molecule has 0 amide bonds. The first-order valence-corrected chi connectivity index (χ1v) is 23.5. The van der Waals surface area contributed by atoms with Crippen molar-refractivity contribution in [2.75, 3.05) is 9.80 Å². The molecular formula is C64H44N2O2. The second-order valence-electron chi connectivity index (χ2n) is 18.8. The van der Waals surface area contributed by atoms with E-state index in [0.717, 1.165) is 78.0 Å². The van der Waals surface area contributed by atoms with Crippen LogP contribution < -0.4 is 9.80 Å². The lowest BCUT2D eigenvalue weighted by Gasteiger charge is -2.30. The van der Waals surface area contributed by atoms with Crippen molar-refractivity contribution < 1.29 is 8.83 Å². The Hall–Kier alpha value is -8.60. The summed E-state index contributed by atoms with van der Waals surface area (Å²) in [6.45, 7) is 7.05. The maximum atomic E-state index is 6.78. The van der Waals surface area contributed by atoms with Crippen molar-refractivity contribution in [1.29, 1.82) is 0 Å². The lowest BCUT2D eigenvalue weighted by atomic mass is 9.77. The molecule has 2 aromatic heterocycles. The van der Waals surface area contributed by atoms with Crippen LogP contribution in [0.25, 0.3) is 87.3 Å². The average molecular weight is 873 g/mol. The van der Waals surface area contributed by atoms with Crippen molar-refractivity contribution in [3.63, 3.8) is 0 Å². The number of fused-ring (bicyclic) bond motifs is 16. The average Bonchev–Trinajstić information content (AvgIpc) is 4.03. The molecule has 322 valence electrons. The van der Waals surface area contributed by atoms with E-state index in [2.05, 4.69) is 231 Å². The Balaban J connectivity index is 1.04. The van der Waals surface area contributed by atoms with Crippen LogP contribution in [0.2, 0.25) is 0 Å². The van der Waals surface area contributed by atoms with E-state index in [0.29, 0.717) is 0 Å². The van der Waals surface area contributed by atoms with Gasteiger partial charge in [0.05, 0.1) is 17.1 Å². The predicted octanol–water partition coefficient (Wildman–Crippen LogP) is 18.5. The summed E-state index contributed by atoms with van der Waals surface area (Å²) in [5.74, 6) is 0. The number of nitrogens with zero attached hydrogens (tertiary/aromatic N) is 2. The van der Waals surface area contributed by atoms with Gasteiger partial charge in [-0.05, 0) is 122 Å². The number of hydrogen-bond donors (Lipinski definition) is 0. The van der Waals surface area contributed by atoms with Crippen LogP contribution in [0.15, 0.2) is 221 Å². The molecule has 0 unspecified atom stereocenters. The zero-order chi connectivity index (χ0) is 45.3. The minimum Gasteiger partial charge on any atom is -0.454 e. The molecule has 2 heterocycles. The van der Waals surface area contributed by atoms with E-state index in [-0.39, 0.29) is 5.41 Å². The largest absolute Gasteiger partial charge is 0.454 e. The fourth-order valence-electron chi connectivity index (χ4n) is 11.8. The highest BCUT2D eigenvalue weighted by molar-refractivity contribution is 6.22. The van der Waals surface area contributed by atoms with Gasteiger partial charge in [-0.15, -0.1) is 0 Å². The zero-order valence-corrected chi connectivity index (χ0v) is 37.9. The van der Waals surface area contributed by atoms with Crippen LogP contribution in [0, 0.1) is 6.92 Å². The molecule has 14 rings (SSSR count). The Bertz CT molecular complexity index is 4210. The van der Waals surface area contributed by atoms with Gasteiger partial charge in [-0.3, -0.25) is 0 Å². The minimum absolute atomic E-state index is 0.349. The van der Waals surface area contributed by atoms with Crippen molar-refractivity contribution in [3.05, 3.63) is 229 Å². The van der Waals surface area contributed by atoms with E-state index < -0.39 is 0 Å². The molecule has 1 aliphatic rings. The van der Waals surface area contributed by atoms with Crippen molar-refractivity contribution in [3.8, 4) is 11.1 Å². The van der Waals surface area contributed by atoms with E-state index in [9.17, 15) is 0 Å². The van der Waals surface area contributed by atoms with Crippen LogP contribution in [0.1, 0.15) is 30.5 Å². The molecule has 0 N–H and O–H groups in total. The molecule has 0 saturated carbocycles. The van der Waals surface area contributed by atoms with Crippen LogP contribution in [-0.2, 0) is 5.41 Å². The number of anilines is 6. The molecule has 68 heavy (non-hydrogen) atoms. The SMILES string of the molecule is Cc1ccccc1N(c1ccc2c3c(c4ccccc4c2c1)-c1cc(N(c2ccccc2)c2cccc4c2oc2ccccc24)c2ccccc2c1C3(C)C)c1cccc2c1oc1ccccc12. The smallest absolute Gasteiger partial charge is 0.159 e. The lowest BCUT2D eigenvalue weighted by molar-refractivity contribution is 0.668. The number of hydrogen-bond acceptors (Lipinski definition) is 4. The van der Waals surface area contributed by atoms with Gasteiger partial charge in [0, 0.05) is 49.4 Å². The first kappa shape index (κ1) is 38.6. The number of aryl methyl sites for hydroxylation is 1. The Kier molecular flexibility index (Phi) is 8.21. The predicted molar refractivity (Wildman–Crippen MR) is 285 cm³/mol. The number of furan rings is 2. The van der Waals surface area contributed by atoms with Gasteiger partial charge < -0.3 is 18.6 Å². The molecule has 0 spiro atoms. The summed E-state index contributed by atoms with van der Waals surface area (Å²) in [6, 6.07) is 76.8. The molecule has 4 heteroatoms. The third kappa shape index (κ3) is 5.43. The highest BCUT2D eigenvalue weighted by Crippen LogP contribution is 2.59. The summed E-state index contributed by atoms with van der Waals surface area (Å²) >= 11 is 0. The van der Waals surface area contributed by atoms with Gasteiger partial charge in [-0.1, -0.05) is 166 Å². The first-order chi connectivity index (χ1) is 33.4. The summed E-state index contributed by atoms with van der Waals surface area (Å²) in [5, 5.41) is 11.8. The summed E-state index contributed by atoms with van der Waals surface area (Å²) in [7, 11) is 0. The normalized spacial score (nSPS) is 13.0. The number of para-hydroxylation sites is 6. The summed E-state index contributed by atoms with van der Waals surface area (Å²) in [6.07, 6.45) is 0. The van der Waals surface area contributed by atoms with Crippen LogP contribution in [0.3, 0.4) is 0 Å². The standard InChI is InChI=1S/C64H44N2O2/c1-39-19-7-14-30-53(39)66(55-32-18-29-50-45-25-13-16-34-58(45)68-63(50)55)41-35-36-48-51(37-41)42-22-8-10-26-46(42)59-52-38-56(43-23-9-11-27-47(43)60(52)64(2,3)61(48)59)65(40-20-5-4-6-21-40)54-31-17-28-49-44-24-12-15-33-57(44)67-62(49)54/h4-38H,1-3H3. The van der Waals surface area contributed by atoms with Gasteiger partial charge in [-0.25, -0.2) is 0 Å². The van der Waals surface area contributed by atoms with Gasteiger partial charge in [0.15, 0.2) is 11.2 Å². The van der Waals surface area contributed by atoms with Crippen molar-refractivity contribution >= 4 is 110 Å². The maximum Gasteiger partial charge on any atom is 0.159 e. The van der Waals surface area contributed by atoms with E-state index in [1.54, 1.807) is 0 Å². The lowest BCUT2D eigenvalue weighted by Crippen LogP contribution is -2.17. The Labute approximate surface area is 393 Å². The molecule has 0 atom stereocenters. The first-order valence-electron chi connectivity index (χ1n) is 23.5. The highest BCUT2D eigenvalue weighted by atomic mass is 16.3. The fraction of sp³-hybridized carbons (Fsp3) is 0.0625. The topological polar surface area (TPSA) is 32.8 Å². The Morgan fingerprint density at radius 1 is 0.338 bits per heavy atom. The van der Waals surface area contributed by atoms with E-state index in [1.165, 1.54) is 60.1 Å². The second kappa shape index (κ2) is 14.4. The summed E-state index contributed by atoms with van der Waals surface area (Å²) in [4.78, 5) is 4.80.